The Morgan fingerprint density at radius 2 is 1.48 bits per heavy atom. The quantitative estimate of drug-likeness (QED) is 0.444. The second-order valence-electron chi connectivity index (χ2n) is 4.51. The summed E-state index contributed by atoms with van der Waals surface area (Å²) in [6.45, 7) is 0. The number of hydrogen-bond donors (Lipinski definition) is 1. The van der Waals surface area contributed by atoms with Gasteiger partial charge in [0.1, 0.15) is 11.0 Å². The first-order chi connectivity index (χ1) is 11.0. The number of nitrogens with one attached hydrogen (secondary N) is 1. The average Bonchev–Trinajstić information content (AvgIpc) is 2.54. The minimum absolute atomic E-state index is 0.400. The third-order valence-electron chi connectivity index (χ3n) is 2.79. The Bertz CT molecular complexity index is 765. The lowest BCUT2D eigenvalue weighted by atomic mass is 10.2. The number of rotatable bonds is 5. The van der Waals surface area contributed by atoms with E-state index in [4.69, 9.17) is 0 Å². The van der Waals surface area contributed by atoms with Crippen LogP contribution >= 0.6 is 45.2 Å². The lowest BCUT2D eigenvalue weighted by Crippen LogP contribution is -2.22. The lowest BCUT2D eigenvalue weighted by molar-refractivity contribution is 0.674. The molecule has 3 nitrogen and oxygen atoms in total. The molecule has 1 N–H and O–H groups in total. The van der Waals surface area contributed by atoms with Gasteiger partial charge in [0.2, 0.25) is 0 Å². The monoisotopic (exact) mass is 569 g/mol. The summed E-state index contributed by atoms with van der Waals surface area (Å²) in [5.41, 5.74) is 1.89. The second-order valence-corrected chi connectivity index (χ2v) is 9.51. The Balaban J connectivity index is 1.82. The number of halogens is 2. The van der Waals surface area contributed by atoms with Crippen molar-refractivity contribution in [3.63, 3.8) is 0 Å². The van der Waals surface area contributed by atoms with E-state index in [1.54, 1.807) is 0 Å². The van der Waals surface area contributed by atoms with Crippen LogP contribution in [0.2, 0.25) is 0 Å². The lowest BCUT2D eigenvalue weighted by Gasteiger charge is -2.02. The number of benzene rings is 2. The van der Waals surface area contributed by atoms with Crippen molar-refractivity contribution in [1.82, 2.24) is 4.13 Å². The highest BCUT2D eigenvalue weighted by molar-refractivity contribution is 14.1. The minimum Gasteiger partial charge on any atom is -0.242 e. The Labute approximate surface area is 168 Å². The van der Waals surface area contributed by atoms with Crippen molar-refractivity contribution in [1.29, 1.82) is 0 Å². The minimum atomic E-state index is -1.63. The van der Waals surface area contributed by atoms with Crippen molar-refractivity contribution in [2.75, 3.05) is 5.75 Å². The molecule has 2 rings (SSSR count). The van der Waals surface area contributed by atoms with Gasteiger partial charge in [0, 0.05) is 23.7 Å². The maximum Gasteiger partial charge on any atom is 0.183 e. The predicted octanol–water partition coefficient (Wildman–Crippen LogP) is 3.36. The Morgan fingerprint density at radius 1 is 0.913 bits per heavy atom. The molecular formula is C16H13I2NO2S2. The van der Waals surface area contributed by atoms with E-state index in [2.05, 4.69) is 60.5 Å². The standard InChI is InChI=1S/C16H13I2NO2S2/c17-15-5-1-13(2-6-15)9-11-22(20)19-23(21)12-10-14-3-7-16(18)8-4-14/h1-8,19H,9,11H2. The molecule has 120 valence electrons. The van der Waals surface area contributed by atoms with Crippen LogP contribution in [0.15, 0.2) is 48.5 Å². The summed E-state index contributed by atoms with van der Waals surface area (Å²) in [5.74, 6) is 3.21. The Hall–Kier alpha value is -0.280. The van der Waals surface area contributed by atoms with Gasteiger partial charge in [-0.05, 0) is 93.6 Å². The van der Waals surface area contributed by atoms with Crippen molar-refractivity contribution in [3.8, 4) is 11.2 Å². The fraction of sp³-hybridized carbons (Fsp3) is 0.125. The number of hydrogen-bond acceptors (Lipinski definition) is 2. The van der Waals surface area contributed by atoms with Gasteiger partial charge in [-0.2, -0.15) is 0 Å². The first-order valence-corrected chi connectivity index (χ1v) is 11.2. The largest absolute Gasteiger partial charge is 0.242 e. The van der Waals surface area contributed by atoms with E-state index in [0.717, 1.165) is 18.3 Å². The molecule has 2 aromatic rings. The SMILES string of the molecule is O=S(C#Cc1ccc(I)cc1)NS(=O)CCc1ccc(I)cc1. The van der Waals surface area contributed by atoms with Gasteiger partial charge in [-0.15, -0.1) is 4.13 Å². The van der Waals surface area contributed by atoms with Crippen LogP contribution in [-0.4, -0.2) is 14.2 Å². The molecule has 0 saturated heterocycles. The summed E-state index contributed by atoms with van der Waals surface area (Å²) >= 11 is 4.45. The molecule has 23 heavy (non-hydrogen) atoms. The third kappa shape index (κ3) is 7.43. The summed E-state index contributed by atoms with van der Waals surface area (Å²) in [7, 11) is -3.01. The van der Waals surface area contributed by atoms with Crippen LogP contribution in [0.4, 0.5) is 0 Å². The van der Waals surface area contributed by atoms with Crippen molar-refractivity contribution in [3.05, 3.63) is 66.8 Å². The van der Waals surface area contributed by atoms with Crippen LogP contribution in [0.1, 0.15) is 11.1 Å². The fourth-order valence-corrected chi connectivity index (χ4v) is 4.17. The van der Waals surface area contributed by atoms with Crippen LogP contribution in [-0.2, 0) is 28.4 Å². The molecule has 0 aliphatic heterocycles. The van der Waals surface area contributed by atoms with Crippen LogP contribution in [0.3, 0.4) is 0 Å². The molecule has 0 fully saturated rings. The summed E-state index contributed by atoms with van der Waals surface area (Å²) < 4.78 is 28.5. The van der Waals surface area contributed by atoms with Gasteiger partial charge in [0.05, 0.1) is 0 Å². The summed E-state index contributed by atoms with van der Waals surface area (Å²) in [4.78, 5) is 0. The van der Waals surface area contributed by atoms with E-state index in [1.807, 2.05) is 48.5 Å². The van der Waals surface area contributed by atoms with Crippen LogP contribution in [0.25, 0.3) is 0 Å². The van der Waals surface area contributed by atoms with Crippen molar-refractivity contribution >= 4 is 67.2 Å². The van der Waals surface area contributed by atoms with E-state index < -0.39 is 22.0 Å². The molecule has 0 heterocycles. The highest BCUT2D eigenvalue weighted by Crippen LogP contribution is 2.07. The first kappa shape index (κ1) is 19.1. The molecule has 0 saturated carbocycles. The number of aryl methyl sites for hydroxylation is 1. The highest BCUT2D eigenvalue weighted by Gasteiger charge is 2.04. The van der Waals surface area contributed by atoms with Gasteiger partial charge in [0.25, 0.3) is 0 Å². The maximum absolute atomic E-state index is 11.9. The molecule has 0 amide bonds. The Morgan fingerprint density at radius 3 is 2.09 bits per heavy atom. The van der Waals surface area contributed by atoms with Gasteiger partial charge in [-0.25, -0.2) is 8.42 Å². The van der Waals surface area contributed by atoms with E-state index in [1.165, 1.54) is 0 Å². The van der Waals surface area contributed by atoms with Crippen LogP contribution in [0, 0.1) is 18.3 Å². The predicted molar refractivity (Wildman–Crippen MR) is 113 cm³/mol. The van der Waals surface area contributed by atoms with Crippen molar-refractivity contribution < 1.29 is 8.42 Å². The molecule has 0 radical (unpaired) electrons. The van der Waals surface area contributed by atoms with E-state index in [-0.39, 0.29) is 0 Å². The van der Waals surface area contributed by atoms with Gasteiger partial charge in [-0.3, -0.25) is 0 Å². The molecule has 0 bridgehead atoms. The molecule has 2 aromatic carbocycles. The van der Waals surface area contributed by atoms with Gasteiger partial charge in [0.15, 0.2) is 11.0 Å². The van der Waals surface area contributed by atoms with Crippen LogP contribution < -0.4 is 4.13 Å². The van der Waals surface area contributed by atoms with E-state index >= 15 is 0 Å². The van der Waals surface area contributed by atoms with Gasteiger partial charge in [-0.1, -0.05) is 18.1 Å². The molecule has 7 heteroatoms. The summed E-state index contributed by atoms with van der Waals surface area (Å²) in [5, 5.41) is 2.57. The molecule has 2 unspecified atom stereocenters. The normalized spacial score (nSPS) is 13.0. The summed E-state index contributed by atoms with van der Waals surface area (Å²) in [6.07, 6.45) is 0.665. The fourth-order valence-electron chi connectivity index (χ4n) is 1.65. The zero-order valence-electron chi connectivity index (χ0n) is 11.9. The third-order valence-corrected chi connectivity index (χ3v) is 6.44. The smallest absolute Gasteiger partial charge is 0.183 e. The van der Waals surface area contributed by atoms with Crippen molar-refractivity contribution in [2.45, 2.75) is 6.42 Å². The molecule has 2 atom stereocenters. The zero-order valence-corrected chi connectivity index (χ0v) is 17.9. The maximum atomic E-state index is 11.9. The molecule has 0 aliphatic carbocycles. The molecular weight excluding hydrogens is 556 g/mol. The van der Waals surface area contributed by atoms with E-state index in [0.29, 0.717) is 12.2 Å². The summed E-state index contributed by atoms with van der Waals surface area (Å²) in [6, 6.07) is 15.6. The average molecular weight is 569 g/mol. The van der Waals surface area contributed by atoms with E-state index in [9.17, 15) is 8.42 Å². The van der Waals surface area contributed by atoms with Gasteiger partial charge < -0.3 is 0 Å². The topological polar surface area (TPSA) is 46.2 Å². The first-order valence-electron chi connectivity index (χ1n) is 6.61. The van der Waals surface area contributed by atoms with Crippen molar-refractivity contribution in [2.24, 2.45) is 0 Å². The van der Waals surface area contributed by atoms with Crippen LogP contribution in [0.5, 0.6) is 0 Å². The highest BCUT2D eigenvalue weighted by atomic mass is 127. The Kier molecular flexibility index (Phi) is 8.18. The zero-order chi connectivity index (χ0) is 16.7. The molecule has 0 aromatic heterocycles. The van der Waals surface area contributed by atoms with Gasteiger partial charge >= 0.3 is 0 Å². The second kappa shape index (κ2) is 9.88. The molecule has 0 spiro atoms. The molecule has 0 aliphatic rings.